The highest BCUT2D eigenvalue weighted by Crippen LogP contribution is 2.32. The van der Waals surface area contributed by atoms with Crippen molar-refractivity contribution >= 4 is 29.4 Å². The third-order valence-corrected chi connectivity index (χ3v) is 3.72. The van der Waals surface area contributed by atoms with Gasteiger partial charge in [-0.3, -0.25) is 4.99 Å². The molecule has 0 bridgehead atoms. The standard InChI is InChI=1S/C13H15Cl2NO2/c14-11-5-8(6-12(15)13(11)18)7-16-9-1-3-10(17)4-2-9/h5-7,9-10,17-18H,1-4H2. The lowest BCUT2D eigenvalue weighted by Crippen LogP contribution is -2.20. The van der Waals surface area contributed by atoms with Crippen LogP contribution < -0.4 is 0 Å². The average Bonchev–Trinajstić information content (AvgIpc) is 2.35. The number of phenols is 1. The first-order chi connectivity index (χ1) is 8.56. The van der Waals surface area contributed by atoms with Gasteiger partial charge in [0, 0.05) is 6.21 Å². The van der Waals surface area contributed by atoms with E-state index >= 15 is 0 Å². The van der Waals surface area contributed by atoms with Crippen LogP contribution in [0.5, 0.6) is 5.75 Å². The third kappa shape index (κ3) is 3.37. The number of phenolic OH excluding ortho intramolecular Hbond substituents is 1. The Morgan fingerprint density at radius 2 is 1.67 bits per heavy atom. The molecule has 3 nitrogen and oxygen atoms in total. The van der Waals surface area contributed by atoms with Crippen molar-refractivity contribution in [2.75, 3.05) is 0 Å². The van der Waals surface area contributed by atoms with Gasteiger partial charge in [-0.2, -0.15) is 0 Å². The van der Waals surface area contributed by atoms with E-state index in [9.17, 15) is 10.2 Å². The molecule has 0 spiro atoms. The Morgan fingerprint density at radius 1 is 1.11 bits per heavy atom. The monoisotopic (exact) mass is 287 g/mol. The minimum Gasteiger partial charge on any atom is -0.505 e. The van der Waals surface area contributed by atoms with Crippen molar-refractivity contribution in [3.63, 3.8) is 0 Å². The molecule has 1 aromatic rings. The predicted molar refractivity (Wildman–Crippen MR) is 74.0 cm³/mol. The Morgan fingerprint density at radius 3 is 2.22 bits per heavy atom. The molecule has 0 aromatic heterocycles. The number of rotatable bonds is 2. The molecule has 0 heterocycles. The number of hydrogen-bond acceptors (Lipinski definition) is 3. The van der Waals surface area contributed by atoms with Gasteiger partial charge in [0.25, 0.3) is 0 Å². The van der Waals surface area contributed by atoms with Gasteiger partial charge in [0.05, 0.1) is 22.2 Å². The lowest BCUT2D eigenvalue weighted by molar-refractivity contribution is 0.123. The van der Waals surface area contributed by atoms with Gasteiger partial charge < -0.3 is 10.2 Å². The molecule has 1 saturated carbocycles. The molecule has 0 aliphatic heterocycles. The van der Waals surface area contributed by atoms with E-state index in [0.29, 0.717) is 0 Å². The Balaban J connectivity index is 2.05. The van der Waals surface area contributed by atoms with Crippen molar-refractivity contribution in [1.82, 2.24) is 0 Å². The second kappa shape index (κ2) is 5.91. The quantitative estimate of drug-likeness (QED) is 0.819. The molecule has 1 aliphatic rings. The minimum absolute atomic E-state index is 0.101. The van der Waals surface area contributed by atoms with Crippen molar-refractivity contribution in [3.8, 4) is 5.75 Å². The first-order valence-electron chi connectivity index (χ1n) is 5.95. The van der Waals surface area contributed by atoms with Gasteiger partial charge in [0.2, 0.25) is 0 Å². The minimum atomic E-state index is -0.172. The first kappa shape index (κ1) is 13.7. The van der Waals surface area contributed by atoms with E-state index in [0.717, 1.165) is 31.2 Å². The predicted octanol–water partition coefficient (Wildman–Crippen LogP) is 3.42. The first-order valence-corrected chi connectivity index (χ1v) is 6.71. The Bertz CT molecular complexity index is 431. The van der Waals surface area contributed by atoms with Crippen LogP contribution in [0.2, 0.25) is 10.0 Å². The van der Waals surface area contributed by atoms with Gasteiger partial charge in [-0.25, -0.2) is 0 Å². The number of nitrogens with zero attached hydrogens (tertiary/aromatic N) is 1. The molecule has 0 radical (unpaired) electrons. The summed E-state index contributed by atoms with van der Waals surface area (Å²) < 4.78 is 0. The summed E-state index contributed by atoms with van der Waals surface area (Å²) in [5.74, 6) is -0.101. The zero-order chi connectivity index (χ0) is 13.1. The summed E-state index contributed by atoms with van der Waals surface area (Å²) in [5.41, 5.74) is 0.772. The zero-order valence-corrected chi connectivity index (χ0v) is 11.3. The zero-order valence-electron chi connectivity index (χ0n) is 9.81. The molecule has 1 fully saturated rings. The van der Waals surface area contributed by atoms with Gasteiger partial charge >= 0.3 is 0 Å². The molecular weight excluding hydrogens is 273 g/mol. The third-order valence-electron chi connectivity index (χ3n) is 3.14. The summed E-state index contributed by atoms with van der Waals surface area (Å²) in [6.45, 7) is 0. The van der Waals surface area contributed by atoms with E-state index in [4.69, 9.17) is 23.2 Å². The van der Waals surface area contributed by atoms with E-state index in [1.807, 2.05) is 0 Å². The van der Waals surface area contributed by atoms with Gasteiger partial charge in [0.1, 0.15) is 0 Å². The average molecular weight is 288 g/mol. The van der Waals surface area contributed by atoms with Gasteiger partial charge in [0.15, 0.2) is 5.75 Å². The lowest BCUT2D eigenvalue weighted by atomic mass is 9.93. The number of aliphatic hydroxyl groups excluding tert-OH is 1. The molecule has 0 unspecified atom stereocenters. The second-order valence-corrected chi connectivity index (χ2v) is 5.39. The summed E-state index contributed by atoms with van der Waals surface area (Å²) in [7, 11) is 0. The highest BCUT2D eigenvalue weighted by Gasteiger charge is 2.17. The van der Waals surface area contributed by atoms with Crippen molar-refractivity contribution in [1.29, 1.82) is 0 Å². The van der Waals surface area contributed by atoms with Crippen LogP contribution >= 0.6 is 23.2 Å². The van der Waals surface area contributed by atoms with E-state index < -0.39 is 0 Å². The highest BCUT2D eigenvalue weighted by atomic mass is 35.5. The fourth-order valence-electron chi connectivity index (χ4n) is 2.06. The maximum absolute atomic E-state index is 9.44. The molecule has 2 N–H and O–H groups in total. The summed E-state index contributed by atoms with van der Waals surface area (Å²) >= 11 is 11.7. The van der Waals surface area contributed by atoms with Crippen LogP contribution in [0.1, 0.15) is 31.2 Å². The molecule has 5 heteroatoms. The molecule has 1 aromatic carbocycles. The normalized spacial score (nSPS) is 24.6. The van der Waals surface area contributed by atoms with Crippen LogP contribution in [0.15, 0.2) is 17.1 Å². The number of halogens is 2. The molecule has 0 atom stereocenters. The Kier molecular flexibility index (Phi) is 4.49. The van der Waals surface area contributed by atoms with Crippen molar-refractivity contribution in [2.45, 2.75) is 37.8 Å². The summed E-state index contributed by atoms with van der Waals surface area (Å²) in [5, 5.41) is 19.3. The summed E-state index contributed by atoms with van der Waals surface area (Å²) in [6.07, 6.45) is 4.96. The number of benzene rings is 1. The second-order valence-electron chi connectivity index (χ2n) is 4.57. The van der Waals surface area contributed by atoms with Crippen molar-refractivity contribution < 1.29 is 10.2 Å². The Hall–Kier alpha value is -0.770. The largest absolute Gasteiger partial charge is 0.505 e. The maximum Gasteiger partial charge on any atom is 0.152 e. The van der Waals surface area contributed by atoms with Gasteiger partial charge in [-0.15, -0.1) is 0 Å². The van der Waals surface area contributed by atoms with Gasteiger partial charge in [-0.1, -0.05) is 23.2 Å². The van der Waals surface area contributed by atoms with Crippen LogP contribution in [0.3, 0.4) is 0 Å². The lowest BCUT2D eigenvalue weighted by Gasteiger charge is -2.22. The van der Waals surface area contributed by atoms with Crippen molar-refractivity contribution in [3.05, 3.63) is 27.7 Å². The molecule has 2 rings (SSSR count). The number of aromatic hydroxyl groups is 1. The summed E-state index contributed by atoms with van der Waals surface area (Å²) in [6, 6.07) is 3.51. The van der Waals surface area contributed by atoms with Crippen LogP contribution in [0, 0.1) is 0 Å². The topological polar surface area (TPSA) is 52.8 Å². The van der Waals surface area contributed by atoms with E-state index in [-0.39, 0.29) is 27.9 Å². The molecule has 98 valence electrons. The van der Waals surface area contributed by atoms with Crippen LogP contribution in [-0.4, -0.2) is 28.6 Å². The van der Waals surface area contributed by atoms with Crippen LogP contribution in [0.25, 0.3) is 0 Å². The highest BCUT2D eigenvalue weighted by molar-refractivity contribution is 6.37. The maximum atomic E-state index is 9.44. The number of hydrogen-bond donors (Lipinski definition) is 2. The van der Waals surface area contributed by atoms with Crippen LogP contribution in [-0.2, 0) is 0 Å². The van der Waals surface area contributed by atoms with E-state index in [2.05, 4.69) is 4.99 Å². The number of aliphatic hydroxyl groups is 1. The fourth-order valence-corrected chi connectivity index (χ4v) is 2.56. The smallest absolute Gasteiger partial charge is 0.152 e. The fraction of sp³-hybridized carbons (Fsp3) is 0.462. The van der Waals surface area contributed by atoms with Crippen molar-refractivity contribution in [2.24, 2.45) is 4.99 Å². The summed E-state index contributed by atoms with van der Waals surface area (Å²) in [4.78, 5) is 4.46. The van der Waals surface area contributed by atoms with Gasteiger partial charge in [-0.05, 0) is 43.4 Å². The molecule has 0 saturated heterocycles. The Labute approximate surface area is 116 Å². The van der Waals surface area contributed by atoms with E-state index in [1.165, 1.54) is 0 Å². The molecule has 1 aliphatic carbocycles. The SMILES string of the molecule is Oc1c(Cl)cc(C=NC2CCC(O)CC2)cc1Cl. The molecule has 18 heavy (non-hydrogen) atoms. The van der Waals surface area contributed by atoms with Crippen LogP contribution in [0.4, 0.5) is 0 Å². The molecular formula is C13H15Cl2NO2. The molecule has 0 amide bonds. The van der Waals surface area contributed by atoms with E-state index in [1.54, 1.807) is 18.3 Å². The number of aliphatic imine (C=N–C) groups is 1.